The highest BCUT2D eigenvalue weighted by molar-refractivity contribution is 5.94. The van der Waals surface area contributed by atoms with Gasteiger partial charge in [0.15, 0.2) is 0 Å². The quantitative estimate of drug-likeness (QED) is 0.863. The van der Waals surface area contributed by atoms with Crippen LogP contribution >= 0.6 is 0 Å². The molecule has 0 heterocycles. The highest BCUT2D eigenvalue weighted by atomic mass is 19.1. The third-order valence-corrected chi connectivity index (χ3v) is 2.44. The van der Waals surface area contributed by atoms with Gasteiger partial charge in [-0.2, -0.15) is 0 Å². The van der Waals surface area contributed by atoms with Crippen LogP contribution in [0.15, 0.2) is 42.5 Å². The van der Waals surface area contributed by atoms with Crippen LogP contribution in [0.25, 0.3) is 11.1 Å². The molecule has 0 atom stereocenters. The van der Waals surface area contributed by atoms with Crippen LogP contribution in [0.4, 0.5) is 14.5 Å². The Kier molecular flexibility index (Phi) is 3.37. The summed E-state index contributed by atoms with van der Waals surface area (Å²) in [6.07, 6.45) is 0. The Morgan fingerprint density at radius 1 is 1.11 bits per heavy atom. The first-order valence-electron chi connectivity index (χ1n) is 5.40. The number of nitrogens with one attached hydrogen (secondary N) is 1. The number of halogens is 2. The molecule has 0 fully saturated rings. The van der Waals surface area contributed by atoms with Gasteiger partial charge in [0, 0.05) is 18.6 Å². The first kappa shape index (κ1) is 12.2. The minimum atomic E-state index is -0.788. The minimum Gasteiger partial charge on any atom is -0.323 e. The Labute approximate surface area is 103 Å². The zero-order valence-corrected chi connectivity index (χ0v) is 9.71. The molecule has 4 heteroatoms. The van der Waals surface area contributed by atoms with Crippen LogP contribution in [0.2, 0.25) is 0 Å². The number of hydrogen-bond donors (Lipinski definition) is 1. The molecule has 0 aliphatic heterocycles. The summed E-state index contributed by atoms with van der Waals surface area (Å²) in [7, 11) is 0. The van der Waals surface area contributed by atoms with E-state index in [9.17, 15) is 13.6 Å². The number of benzene rings is 2. The van der Waals surface area contributed by atoms with Gasteiger partial charge in [-0.25, -0.2) is 8.78 Å². The molecule has 0 aliphatic rings. The van der Waals surface area contributed by atoms with E-state index < -0.39 is 17.5 Å². The van der Waals surface area contributed by atoms with E-state index in [1.54, 1.807) is 30.3 Å². The molecule has 1 amide bonds. The minimum absolute atomic E-state index is 0.00454. The maximum atomic E-state index is 13.7. The summed E-state index contributed by atoms with van der Waals surface area (Å²) in [4.78, 5) is 11.1. The van der Waals surface area contributed by atoms with E-state index in [0.29, 0.717) is 11.1 Å². The third kappa shape index (κ3) is 2.53. The van der Waals surface area contributed by atoms with E-state index in [-0.39, 0.29) is 5.69 Å². The molecule has 2 aromatic carbocycles. The van der Waals surface area contributed by atoms with Crippen LogP contribution in [0, 0.1) is 11.6 Å². The van der Waals surface area contributed by atoms with Crippen molar-refractivity contribution in [1.29, 1.82) is 0 Å². The first-order valence-corrected chi connectivity index (χ1v) is 5.40. The second kappa shape index (κ2) is 4.96. The lowest BCUT2D eigenvalue weighted by molar-refractivity contribution is -0.114. The molecule has 0 spiro atoms. The second-order valence-corrected chi connectivity index (χ2v) is 3.86. The summed E-state index contributed by atoms with van der Waals surface area (Å²) in [6, 6.07) is 10.7. The standard InChI is InChI=1S/C14H11F2NO/c1-9(18)17-14-12(7-11(15)8-13(14)16)10-5-3-2-4-6-10/h2-8H,1H3,(H,17,18). The summed E-state index contributed by atoms with van der Waals surface area (Å²) in [5, 5.41) is 2.39. The molecule has 0 aromatic heterocycles. The Bertz CT molecular complexity index is 582. The van der Waals surface area contributed by atoms with Crippen molar-refractivity contribution in [1.82, 2.24) is 0 Å². The first-order chi connectivity index (χ1) is 8.58. The van der Waals surface area contributed by atoms with Gasteiger partial charge < -0.3 is 5.32 Å². The van der Waals surface area contributed by atoms with E-state index in [1.807, 2.05) is 0 Å². The molecule has 1 N–H and O–H groups in total. The maximum Gasteiger partial charge on any atom is 0.221 e. The summed E-state index contributed by atoms with van der Waals surface area (Å²) in [5.41, 5.74) is 0.957. The van der Waals surface area contributed by atoms with E-state index in [1.165, 1.54) is 13.0 Å². The van der Waals surface area contributed by atoms with Gasteiger partial charge in [0.1, 0.15) is 11.6 Å². The zero-order chi connectivity index (χ0) is 13.1. The van der Waals surface area contributed by atoms with Gasteiger partial charge in [0.25, 0.3) is 0 Å². The van der Waals surface area contributed by atoms with Crippen molar-refractivity contribution >= 4 is 11.6 Å². The molecule has 0 saturated carbocycles. The Hall–Kier alpha value is -2.23. The molecule has 2 nitrogen and oxygen atoms in total. The molecule has 0 saturated heterocycles. The fourth-order valence-electron chi connectivity index (χ4n) is 1.72. The van der Waals surface area contributed by atoms with Crippen molar-refractivity contribution in [2.45, 2.75) is 6.92 Å². The van der Waals surface area contributed by atoms with E-state index >= 15 is 0 Å². The molecule has 2 rings (SSSR count). The van der Waals surface area contributed by atoms with Gasteiger partial charge in [0.05, 0.1) is 5.69 Å². The molecule has 0 unspecified atom stereocenters. The topological polar surface area (TPSA) is 29.1 Å². The van der Waals surface area contributed by atoms with Crippen LogP contribution in [-0.4, -0.2) is 5.91 Å². The molecule has 0 aliphatic carbocycles. The van der Waals surface area contributed by atoms with Crippen LogP contribution in [0.3, 0.4) is 0 Å². The SMILES string of the molecule is CC(=O)Nc1c(F)cc(F)cc1-c1ccccc1. The zero-order valence-electron chi connectivity index (χ0n) is 9.71. The lowest BCUT2D eigenvalue weighted by Gasteiger charge is -2.11. The Morgan fingerprint density at radius 3 is 2.39 bits per heavy atom. The number of rotatable bonds is 2. The number of hydrogen-bond acceptors (Lipinski definition) is 1. The van der Waals surface area contributed by atoms with Crippen LogP contribution in [0.5, 0.6) is 0 Å². The van der Waals surface area contributed by atoms with Crippen molar-refractivity contribution in [3.63, 3.8) is 0 Å². The fraction of sp³-hybridized carbons (Fsp3) is 0.0714. The normalized spacial score (nSPS) is 10.2. The molecule has 0 radical (unpaired) electrons. The average molecular weight is 247 g/mol. The van der Waals surface area contributed by atoms with Crippen molar-refractivity contribution in [2.24, 2.45) is 0 Å². The highest BCUT2D eigenvalue weighted by Crippen LogP contribution is 2.31. The third-order valence-electron chi connectivity index (χ3n) is 2.44. The maximum absolute atomic E-state index is 13.7. The van der Waals surface area contributed by atoms with E-state index in [2.05, 4.69) is 5.32 Å². The molecule has 0 bridgehead atoms. The molecule has 2 aromatic rings. The summed E-state index contributed by atoms with van der Waals surface area (Å²) >= 11 is 0. The predicted molar refractivity (Wildman–Crippen MR) is 66.1 cm³/mol. The van der Waals surface area contributed by atoms with Crippen molar-refractivity contribution in [2.75, 3.05) is 5.32 Å². The summed E-state index contributed by atoms with van der Waals surface area (Å²) in [6.45, 7) is 1.28. The van der Waals surface area contributed by atoms with Crippen LogP contribution < -0.4 is 5.32 Å². The van der Waals surface area contributed by atoms with Gasteiger partial charge in [0.2, 0.25) is 5.91 Å². The van der Waals surface area contributed by atoms with Gasteiger partial charge in [-0.15, -0.1) is 0 Å². The van der Waals surface area contributed by atoms with E-state index in [4.69, 9.17) is 0 Å². The number of anilines is 1. The van der Waals surface area contributed by atoms with Crippen molar-refractivity contribution in [3.05, 3.63) is 54.1 Å². The molecule has 92 valence electrons. The highest BCUT2D eigenvalue weighted by Gasteiger charge is 2.13. The fourth-order valence-corrected chi connectivity index (χ4v) is 1.72. The Morgan fingerprint density at radius 2 is 1.78 bits per heavy atom. The smallest absolute Gasteiger partial charge is 0.221 e. The largest absolute Gasteiger partial charge is 0.323 e. The number of carbonyl (C=O) groups excluding carboxylic acids is 1. The van der Waals surface area contributed by atoms with Crippen molar-refractivity contribution < 1.29 is 13.6 Å². The summed E-state index contributed by atoms with van der Waals surface area (Å²) < 4.78 is 27.0. The molecular weight excluding hydrogens is 236 g/mol. The van der Waals surface area contributed by atoms with Gasteiger partial charge in [-0.3, -0.25) is 4.79 Å². The van der Waals surface area contributed by atoms with Crippen molar-refractivity contribution in [3.8, 4) is 11.1 Å². The lowest BCUT2D eigenvalue weighted by atomic mass is 10.0. The number of carbonyl (C=O) groups is 1. The second-order valence-electron chi connectivity index (χ2n) is 3.86. The monoisotopic (exact) mass is 247 g/mol. The number of amides is 1. The van der Waals surface area contributed by atoms with Crippen LogP contribution in [-0.2, 0) is 4.79 Å². The van der Waals surface area contributed by atoms with Gasteiger partial charge >= 0.3 is 0 Å². The average Bonchev–Trinajstić information content (AvgIpc) is 2.33. The van der Waals surface area contributed by atoms with Gasteiger partial charge in [-0.1, -0.05) is 30.3 Å². The molecule has 18 heavy (non-hydrogen) atoms. The molecular formula is C14H11F2NO. The van der Waals surface area contributed by atoms with Gasteiger partial charge in [-0.05, 0) is 11.6 Å². The predicted octanol–water partition coefficient (Wildman–Crippen LogP) is 3.59. The van der Waals surface area contributed by atoms with Crippen LogP contribution in [0.1, 0.15) is 6.92 Å². The Balaban J connectivity index is 2.61. The lowest BCUT2D eigenvalue weighted by Crippen LogP contribution is -2.09. The summed E-state index contributed by atoms with van der Waals surface area (Å²) in [5.74, 6) is -1.87. The van der Waals surface area contributed by atoms with E-state index in [0.717, 1.165) is 6.07 Å².